The molecule has 0 aliphatic rings. The van der Waals surface area contributed by atoms with Crippen LogP contribution in [-0.2, 0) is 26.1 Å². The maximum absolute atomic E-state index is 13.8. The van der Waals surface area contributed by atoms with Crippen LogP contribution in [0.5, 0.6) is 0 Å². The van der Waals surface area contributed by atoms with E-state index >= 15 is 0 Å². The number of hydrogen-bond donors (Lipinski definition) is 1. The molecule has 0 saturated carbocycles. The second kappa shape index (κ2) is 10.4. The summed E-state index contributed by atoms with van der Waals surface area (Å²) >= 11 is 1.05. The molecule has 0 spiro atoms. The average molecular weight is 528 g/mol. The van der Waals surface area contributed by atoms with Crippen LogP contribution in [0.2, 0.25) is 0 Å². The van der Waals surface area contributed by atoms with Crippen LogP contribution in [0.1, 0.15) is 22.8 Å². The van der Waals surface area contributed by atoms with Crippen molar-refractivity contribution in [3.8, 4) is 0 Å². The molecule has 1 amide bonds. The Kier molecular flexibility index (Phi) is 7.32. The highest BCUT2D eigenvalue weighted by Crippen LogP contribution is 2.20. The zero-order chi connectivity index (χ0) is 25.9. The zero-order valence-corrected chi connectivity index (χ0v) is 21.0. The number of carbonyl (C=O) groups excluding carboxylic acids is 2. The first-order valence-electron chi connectivity index (χ1n) is 10.9. The number of halogens is 1. The van der Waals surface area contributed by atoms with Crippen LogP contribution in [0.15, 0.2) is 76.6 Å². The van der Waals surface area contributed by atoms with Crippen LogP contribution in [0.25, 0.3) is 10.2 Å². The number of nitrogens with zero attached hydrogens (tertiary/aromatic N) is 2. The Bertz CT molecular complexity index is 1620. The number of aromatic nitrogens is 1. The molecule has 11 heteroatoms. The van der Waals surface area contributed by atoms with Crippen molar-refractivity contribution in [2.45, 2.75) is 25.3 Å². The lowest BCUT2D eigenvalue weighted by molar-refractivity contribution is -0.143. The molecule has 0 aliphatic carbocycles. The minimum absolute atomic E-state index is 0.0898. The Balaban J connectivity index is 1.68. The summed E-state index contributed by atoms with van der Waals surface area (Å²) in [7, 11) is -3.86. The molecule has 0 unspecified atom stereocenters. The Hall–Kier alpha value is -3.83. The van der Waals surface area contributed by atoms with E-state index in [-0.39, 0.29) is 34.1 Å². The van der Waals surface area contributed by atoms with E-state index < -0.39 is 27.7 Å². The number of amides is 1. The monoisotopic (exact) mass is 527 g/mol. The number of esters is 1. The summed E-state index contributed by atoms with van der Waals surface area (Å²) in [6, 6.07) is 16.4. The van der Waals surface area contributed by atoms with Gasteiger partial charge in [-0.05, 0) is 62.4 Å². The Morgan fingerprint density at radius 2 is 1.83 bits per heavy atom. The third kappa shape index (κ3) is 5.69. The molecule has 0 atom stereocenters. The van der Waals surface area contributed by atoms with Gasteiger partial charge in [0, 0.05) is 11.3 Å². The molecular weight excluding hydrogens is 505 g/mol. The van der Waals surface area contributed by atoms with E-state index in [1.54, 1.807) is 19.1 Å². The number of sulfonamides is 1. The molecule has 186 valence electrons. The van der Waals surface area contributed by atoms with Gasteiger partial charge in [-0.25, -0.2) is 12.8 Å². The molecule has 0 radical (unpaired) electrons. The van der Waals surface area contributed by atoms with Gasteiger partial charge in [0.25, 0.3) is 15.9 Å². The fraction of sp³-hybridized carbons (Fsp3) is 0.160. The molecule has 3 aromatic carbocycles. The van der Waals surface area contributed by atoms with Crippen molar-refractivity contribution in [3.63, 3.8) is 0 Å². The summed E-state index contributed by atoms with van der Waals surface area (Å²) in [5.41, 5.74) is 1.77. The number of rotatable bonds is 7. The molecule has 0 bridgehead atoms. The summed E-state index contributed by atoms with van der Waals surface area (Å²) in [6.45, 7) is 3.51. The van der Waals surface area contributed by atoms with Crippen LogP contribution < -0.4 is 9.52 Å². The Morgan fingerprint density at radius 1 is 1.08 bits per heavy atom. The lowest BCUT2D eigenvalue weighted by Gasteiger charge is -2.09. The number of hydrogen-bond acceptors (Lipinski definition) is 6. The van der Waals surface area contributed by atoms with Crippen molar-refractivity contribution < 1.29 is 27.1 Å². The number of benzene rings is 3. The first-order valence-corrected chi connectivity index (χ1v) is 13.2. The highest BCUT2D eigenvalue weighted by molar-refractivity contribution is 7.92. The molecule has 4 aromatic rings. The smallest absolute Gasteiger partial charge is 0.326 e. The second-order valence-corrected chi connectivity index (χ2v) is 10.5. The molecule has 4 rings (SSSR count). The van der Waals surface area contributed by atoms with E-state index in [0.717, 1.165) is 16.9 Å². The molecule has 0 saturated heterocycles. The molecule has 0 fully saturated rings. The first-order chi connectivity index (χ1) is 17.2. The highest BCUT2D eigenvalue weighted by Gasteiger charge is 2.16. The highest BCUT2D eigenvalue weighted by atomic mass is 32.2. The van der Waals surface area contributed by atoms with E-state index in [4.69, 9.17) is 4.74 Å². The van der Waals surface area contributed by atoms with E-state index in [2.05, 4.69) is 9.71 Å². The largest absolute Gasteiger partial charge is 0.465 e. The number of fused-ring (bicyclic) bond motifs is 1. The maximum Gasteiger partial charge on any atom is 0.326 e. The molecule has 1 N–H and O–H groups in total. The van der Waals surface area contributed by atoms with Gasteiger partial charge in [-0.2, -0.15) is 4.99 Å². The zero-order valence-electron chi connectivity index (χ0n) is 19.4. The van der Waals surface area contributed by atoms with Crippen molar-refractivity contribution in [1.29, 1.82) is 0 Å². The number of carbonyl (C=O) groups is 2. The summed E-state index contributed by atoms with van der Waals surface area (Å²) in [5.74, 6) is -1.64. The minimum atomic E-state index is -3.86. The third-order valence-corrected chi connectivity index (χ3v) is 7.57. The van der Waals surface area contributed by atoms with Gasteiger partial charge in [0.1, 0.15) is 12.4 Å². The first kappa shape index (κ1) is 25.3. The SMILES string of the molecule is CCOC(=O)Cn1c(=NC(=O)c2cccc(NS(=O)(=O)c3ccc(C)cc3)c2)sc2cc(F)ccc21. The van der Waals surface area contributed by atoms with Gasteiger partial charge in [-0.3, -0.25) is 14.3 Å². The van der Waals surface area contributed by atoms with Crippen molar-refractivity contribution in [2.75, 3.05) is 11.3 Å². The van der Waals surface area contributed by atoms with Gasteiger partial charge in [0.15, 0.2) is 4.80 Å². The number of nitrogens with one attached hydrogen (secondary N) is 1. The van der Waals surface area contributed by atoms with E-state index in [9.17, 15) is 22.4 Å². The topological polar surface area (TPSA) is 107 Å². The molecule has 36 heavy (non-hydrogen) atoms. The summed E-state index contributed by atoms with van der Waals surface area (Å²) in [5, 5.41) is 0. The lowest BCUT2D eigenvalue weighted by Crippen LogP contribution is -2.23. The predicted octanol–water partition coefficient (Wildman–Crippen LogP) is 4.26. The van der Waals surface area contributed by atoms with Gasteiger partial charge < -0.3 is 9.30 Å². The van der Waals surface area contributed by atoms with Crippen molar-refractivity contribution in [3.05, 3.63) is 88.5 Å². The molecule has 8 nitrogen and oxygen atoms in total. The second-order valence-electron chi connectivity index (χ2n) is 7.80. The van der Waals surface area contributed by atoms with Gasteiger partial charge in [0.05, 0.1) is 21.7 Å². The van der Waals surface area contributed by atoms with Crippen molar-refractivity contribution >= 4 is 49.1 Å². The minimum Gasteiger partial charge on any atom is -0.465 e. The fourth-order valence-electron chi connectivity index (χ4n) is 3.42. The standard InChI is InChI=1S/C25H22FN3O5S2/c1-3-34-23(30)15-29-21-12-9-18(26)14-22(21)35-25(29)27-24(31)17-5-4-6-19(13-17)28-36(32,33)20-10-7-16(2)8-11-20/h4-14,28H,3,15H2,1-2H3. The molecule has 1 aromatic heterocycles. The normalized spacial score (nSPS) is 12.0. The molecular formula is C25H22FN3O5S2. The molecule has 0 aliphatic heterocycles. The maximum atomic E-state index is 13.8. The Morgan fingerprint density at radius 3 is 2.56 bits per heavy atom. The summed E-state index contributed by atoms with van der Waals surface area (Å²) in [6.07, 6.45) is 0. The van der Waals surface area contributed by atoms with Crippen molar-refractivity contribution in [1.82, 2.24) is 4.57 Å². The fourth-order valence-corrected chi connectivity index (χ4v) is 5.52. The van der Waals surface area contributed by atoms with Crippen molar-refractivity contribution in [2.24, 2.45) is 4.99 Å². The van der Waals surface area contributed by atoms with E-state index in [0.29, 0.717) is 10.2 Å². The number of aryl methyl sites for hydroxylation is 1. The average Bonchev–Trinajstić information content (AvgIpc) is 3.15. The summed E-state index contributed by atoms with van der Waals surface area (Å²) < 4.78 is 48.7. The predicted molar refractivity (Wildman–Crippen MR) is 135 cm³/mol. The quantitative estimate of drug-likeness (QED) is 0.362. The van der Waals surface area contributed by atoms with Crippen LogP contribution in [0.4, 0.5) is 10.1 Å². The van der Waals surface area contributed by atoms with Gasteiger partial charge in [0.2, 0.25) is 0 Å². The van der Waals surface area contributed by atoms with Crippen LogP contribution in [-0.4, -0.2) is 31.5 Å². The van der Waals surface area contributed by atoms with Crippen LogP contribution in [0.3, 0.4) is 0 Å². The lowest BCUT2D eigenvalue weighted by atomic mass is 10.2. The van der Waals surface area contributed by atoms with Crippen LogP contribution in [0, 0.1) is 12.7 Å². The number of thiazole rings is 1. The van der Waals surface area contributed by atoms with Crippen LogP contribution >= 0.6 is 11.3 Å². The molecule has 1 heterocycles. The third-order valence-electron chi connectivity index (χ3n) is 5.13. The summed E-state index contributed by atoms with van der Waals surface area (Å²) in [4.78, 5) is 29.6. The van der Waals surface area contributed by atoms with Gasteiger partial charge >= 0.3 is 5.97 Å². The van der Waals surface area contributed by atoms with E-state index in [1.807, 2.05) is 6.92 Å². The van der Waals surface area contributed by atoms with Gasteiger partial charge in [-0.1, -0.05) is 35.1 Å². The number of anilines is 1. The van der Waals surface area contributed by atoms with E-state index in [1.165, 1.54) is 59.2 Å². The van der Waals surface area contributed by atoms with Gasteiger partial charge in [-0.15, -0.1) is 0 Å². The number of ether oxygens (including phenoxy) is 1. The Labute approximate surface area is 210 Å².